The first-order valence-corrected chi connectivity index (χ1v) is 6.81. The lowest BCUT2D eigenvalue weighted by molar-refractivity contribution is 0.0846. The molecule has 0 N–H and O–H groups in total. The highest BCUT2D eigenvalue weighted by Gasteiger charge is 2.11. The van der Waals surface area contributed by atoms with E-state index < -0.39 is 0 Å². The Labute approximate surface area is 110 Å². The lowest BCUT2D eigenvalue weighted by Gasteiger charge is -2.16. The van der Waals surface area contributed by atoms with Gasteiger partial charge in [0.05, 0.1) is 23.5 Å². The van der Waals surface area contributed by atoms with Crippen LogP contribution in [0.15, 0.2) is 0 Å². The van der Waals surface area contributed by atoms with Gasteiger partial charge in [-0.1, -0.05) is 22.9 Å². The summed E-state index contributed by atoms with van der Waals surface area (Å²) in [5.74, 6) is 0.410. The molecular weight excluding hydrogens is 267 g/mol. The normalized spacial score (nSPS) is 11.1. The van der Waals surface area contributed by atoms with Gasteiger partial charge in [0.25, 0.3) is 0 Å². The molecule has 0 saturated heterocycles. The van der Waals surface area contributed by atoms with E-state index in [0.717, 1.165) is 16.6 Å². The summed E-state index contributed by atoms with van der Waals surface area (Å²) in [6.45, 7) is 5.52. The van der Waals surface area contributed by atoms with Crippen LogP contribution in [0.4, 0.5) is 5.13 Å². The van der Waals surface area contributed by atoms with Crippen molar-refractivity contribution in [2.75, 3.05) is 25.1 Å². The number of alkyl halides is 1. The fraction of sp³-hybridized carbons (Fsp3) is 0.700. The van der Waals surface area contributed by atoms with Crippen LogP contribution in [0.3, 0.4) is 0 Å². The molecule has 1 aromatic rings. The van der Waals surface area contributed by atoms with Crippen molar-refractivity contribution < 1.29 is 4.74 Å². The number of hydrogen-bond acceptors (Lipinski definition) is 4. The van der Waals surface area contributed by atoms with Crippen molar-refractivity contribution in [3.63, 3.8) is 0 Å². The third-order valence-corrected chi connectivity index (χ3v) is 3.98. The smallest absolute Gasteiger partial charge is 0.186 e. The van der Waals surface area contributed by atoms with Gasteiger partial charge in [0.15, 0.2) is 5.13 Å². The fourth-order valence-corrected chi connectivity index (χ4v) is 2.55. The maximum Gasteiger partial charge on any atom is 0.186 e. The molecule has 0 unspecified atom stereocenters. The van der Waals surface area contributed by atoms with E-state index >= 15 is 0 Å². The Kier molecular flexibility index (Phi) is 5.83. The van der Waals surface area contributed by atoms with E-state index in [9.17, 15) is 0 Å². The molecule has 0 atom stereocenters. The Bertz CT molecular complexity index is 331. The number of thiazole rings is 1. The van der Waals surface area contributed by atoms with Crippen LogP contribution in [-0.2, 0) is 10.6 Å². The zero-order chi connectivity index (χ0) is 12.1. The molecule has 0 bridgehead atoms. The number of hydrogen-bond donors (Lipinski definition) is 0. The molecule has 0 aliphatic rings. The number of anilines is 1. The first-order valence-electron chi connectivity index (χ1n) is 5.08. The minimum Gasteiger partial charge on any atom is -0.377 e. The van der Waals surface area contributed by atoms with Gasteiger partial charge >= 0.3 is 0 Å². The summed E-state index contributed by atoms with van der Waals surface area (Å²) < 4.78 is 5.47. The van der Waals surface area contributed by atoms with Gasteiger partial charge < -0.3 is 9.64 Å². The maximum absolute atomic E-state index is 5.93. The van der Waals surface area contributed by atoms with Gasteiger partial charge in [-0.2, -0.15) is 0 Å². The highest BCUT2D eigenvalue weighted by atomic mass is 35.5. The molecule has 1 aromatic heterocycles. The molecule has 0 radical (unpaired) electrons. The van der Waals surface area contributed by atoms with Crippen molar-refractivity contribution in [1.29, 1.82) is 0 Å². The Morgan fingerprint density at radius 2 is 2.19 bits per heavy atom. The Morgan fingerprint density at radius 3 is 2.69 bits per heavy atom. The third kappa shape index (κ3) is 4.09. The topological polar surface area (TPSA) is 25.4 Å². The predicted octanol–water partition coefficient (Wildman–Crippen LogP) is 3.40. The first-order chi connectivity index (χ1) is 7.54. The van der Waals surface area contributed by atoms with Crippen LogP contribution in [0.5, 0.6) is 0 Å². The molecule has 0 spiro atoms. The lowest BCUT2D eigenvalue weighted by Crippen LogP contribution is -2.23. The van der Waals surface area contributed by atoms with E-state index in [0.29, 0.717) is 17.6 Å². The van der Waals surface area contributed by atoms with Crippen LogP contribution < -0.4 is 4.90 Å². The molecule has 1 heterocycles. The molecule has 1 rings (SSSR count). The third-order valence-electron chi connectivity index (χ3n) is 1.96. The van der Waals surface area contributed by atoms with Crippen molar-refractivity contribution in [2.45, 2.75) is 25.8 Å². The van der Waals surface area contributed by atoms with Crippen molar-refractivity contribution in [3.8, 4) is 0 Å². The first kappa shape index (κ1) is 14.0. The standard InChI is InChI=1S/C10H16Cl2N2OS/c1-7(2)15-5-4-14(3)10-13-9(12)8(6-11)16-10/h7H,4-6H2,1-3H3. The van der Waals surface area contributed by atoms with Crippen LogP contribution in [-0.4, -0.2) is 31.3 Å². The molecule has 6 heteroatoms. The Morgan fingerprint density at radius 1 is 1.50 bits per heavy atom. The second kappa shape index (κ2) is 6.64. The molecule has 92 valence electrons. The summed E-state index contributed by atoms with van der Waals surface area (Å²) in [7, 11) is 1.97. The molecule has 3 nitrogen and oxygen atoms in total. The highest BCUT2D eigenvalue weighted by molar-refractivity contribution is 7.16. The van der Waals surface area contributed by atoms with Crippen LogP contribution in [0, 0.1) is 0 Å². The molecule has 0 amide bonds. The zero-order valence-electron chi connectivity index (χ0n) is 9.67. The molecule has 0 saturated carbocycles. The van der Waals surface area contributed by atoms with Gasteiger partial charge in [-0.05, 0) is 13.8 Å². The fourth-order valence-electron chi connectivity index (χ4n) is 1.09. The number of halogens is 2. The molecule has 0 fully saturated rings. The van der Waals surface area contributed by atoms with Crippen molar-refractivity contribution in [2.24, 2.45) is 0 Å². The van der Waals surface area contributed by atoms with Gasteiger partial charge in [-0.15, -0.1) is 11.6 Å². The quantitative estimate of drug-likeness (QED) is 0.748. The van der Waals surface area contributed by atoms with E-state index in [-0.39, 0.29) is 6.10 Å². The highest BCUT2D eigenvalue weighted by Crippen LogP contribution is 2.29. The number of ether oxygens (including phenoxy) is 1. The average Bonchev–Trinajstić information content (AvgIpc) is 2.59. The summed E-state index contributed by atoms with van der Waals surface area (Å²) in [5.41, 5.74) is 0. The second-order valence-corrected chi connectivity index (χ2v) is 5.37. The van der Waals surface area contributed by atoms with Crippen LogP contribution in [0.25, 0.3) is 0 Å². The van der Waals surface area contributed by atoms with Crippen LogP contribution in [0.2, 0.25) is 5.15 Å². The molecule has 0 aromatic carbocycles. The minimum absolute atomic E-state index is 0.256. The molecule has 0 aliphatic heterocycles. The molecular formula is C10H16Cl2N2OS. The summed E-state index contributed by atoms with van der Waals surface area (Å²) in [5, 5.41) is 1.39. The number of aromatic nitrogens is 1. The number of likely N-dealkylation sites (N-methyl/N-ethyl adjacent to an activating group) is 1. The van der Waals surface area contributed by atoms with Gasteiger partial charge in [-0.3, -0.25) is 0 Å². The second-order valence-electron chi connectivity index (χ2n) is 3.69. The zero-order valence-corrected chi connectivity index (χ0v) is 12.0. The van der Waals surface area contributed by atoms with Gasteiger partial charge in [0, 0.05) is 13.6 Å². The van der Waals surface area contributed by atoms with E-state index in [1.165, 1.54) is 11.3 Å². The maximum atomic E-state index is 5.93. The summed E-state index contributed by atoms with van der Waals surface area (Å²) in [4.78, 5) is 7.18. The number of nitrogens with zero attached hydrogens (tertiary/aromatic N) is 2. The summed E-state index contributed by atoms with van der Waals surface area (Å²) >= 11 is 13.2. The molecule has 16 heavy (non-hydrogen) atoms. The van der Waals surface area contributed by atoms with E-state index in [1.807, 2.05) is 25.8 Å². The monoisotopic (exact) mass is 282 g/mol. The minimum atomic E-state index is 0.256. The Balaban J connectivity index is 2.49. The molecule has 0 aliphatic carbocycles. The summed E-state index contributed by atoms with van der Waals surface area (Å²) in [6, 6.07) is 0. The van der Waals surface area contributed by atoms with Crippen molar-refractivity contribution >= 4 is 39.7 Å². The van der Waals surface area contributed by atoms with Crippen LogP contribution in [0.1, 0.15) is 18.7 Å². The van der Waals surface area contributed by atoms with Crippen molar-refractivity contribution in [1.82, 2.24) is 4.98 Å². The van der Waals surface area contributed by atoms with E-state index in [4.69, 9.17) is 27.9 Å². The predicted molar refractivity (Wildman–Crippen MR) is 71.0 cm³/mol. The van der Waals surface area contributed by atoms with Gasteiger partial charge in [-0.25, -0.2) is 4.98 Å². The average molecular weight is 283 g/mol. The van der Waals surface area contributed by atoms with Gasteiger partial charge in [0.1, 0.15) is 5.15 Å². The van der Waals surface area contributed by atoms with Crippen LogP contribution >= 0.6 is 34.5 Å². The SMILES string of the molecule is CC(C)OCCN(C)c1nc(Cl)c(CCl)s1. The lowest BCUT2D eigenvalue weighted by atomic mass is 10.5. The largest absolute Gasteiger partial charge is 0.377 e. The van der Waals surface area contributed by atoms with Crippen molar-refractivity contribution in [3.05, 3.63) is 10.0 Å². The summed E-state index contributed by atoms with van der Waals surface area (Å²) in [6.07, 6.45) is 0.256. The van der Waals surface area contributed by atoms with E-state index in [1.54, 1.807) is 0 Å². The van der Waals surface area contributed by atoms with Gasteiger partial charge in [0.2, 0.25) is 0 Å². The number of rotatable bonds is 6. The van der Waals surface area contributed by atoms with E-state index in [2.05, 4.69) is 4.98 Å². The Hall–Kier alpha value is -0.0300.